The van der Waals surface area contributed by atoms with Gasteiger partial charge in [0.2, 0.25) is 0 Å². The summed E-state index contributed by atoms with van der Waals surface area (Å²) < 4.78 is 57.6. The number of hydrogen-bond donors (Lipinski definition) is 1. The highest BCUT2D eigenvalue weighted by atomic mass is 79.9. The van der Waals surface area contributed by atoms with Crippen molar-refractivity contribution in [2.24, 2.45) is 0 Å². The number of esters is 4. The first-order chi connectivity index (χ1) is 33.2. The molecule has 69 heavy (non-hydrogen) atoms. The topological polar surface area (TPSA) is 150 Å². The van der Waals surface area contributed by atoms with Crippen molar-refractivity contribution in [2.75, 3.05) is 75.4 Å². The van der Waals surface area contributed by atoms with Gasteiger partial charge in [0.15, 0.2) is 0 Å². The highest BCUT2D eigenvalue weighted by Crippen LogP contribution is 2.23. The molecule has 4 aromatic rings. The summed E-state index contributed by atoms with van der Waals surface area (Å²) in [5.41, 5.74) is 4.72. The van der Waals surface area contributed by atoms with E-state index in [-0.39, 0.29) is 38.7 Å². The maximum Gasteiger partial charge on any atom is 0.369 e. The molecule has 0 spiro atoms. The highest BCUT2D eigenvalue weighted by Gasteiger charge is 2.14. The number of methoxy groups -OCH3 is 5. The lowest BCUT2D eigenvalue weighted by atomic mass is 10.1. The Balaban J connectivity index is 0.000000619. The number of ether oxygens (including phenoxy) is 6. The molecule has 19 heteroatoms. The molecule has 13 nitrogen and oxygen atoms in total. The molecule has 380 valence electrons. The quantitative estimate of drug-likeness (QED) is 0.0291. The van der Waals surface area contributed by atoms with Crippen LogP contribution in [0.15, 0.2) is 84.9 Å². The second kappa shape index (κ2) is 37.4. The summed E-state index contributed by atoms with van der Waals surface area (Å²) >= 11 is 9.31. The lowest BCUT2D eigenvalue weighted by molar-refractivity contribution is -0.143. The molecule has 0 unspecified atom stereocenters. The van der Waals surface area contributed by atoms with Crippen LogP contribution in [0.3, 0.4) is 0 Å². The van der Waals surface area contributed by atoms with Gasteiger partial charge in [-0.15, -0.1) is 47.3 Å². The van der Waals surface area contributed by atoms with Crippen molar-refractivity contribution >= 4 is 74.3 Å². The normalized spacial score (nSPS) is 10.3. The van der Waals surface area contributed by atoms with Crippen LogP contribution >= 0.6 is 47.3 Å². The average Bonchev–Trinajstić information content (AvgIpc) is 3.35. The summed E-state index contributed by atoms with van der Waals surface area (Å²) in [6.07, 6.45) is 5.16. The molecule has 0 saturated carbocycles. The number of benzene rings is 4. The monoisotopic (exact) mass is 1160 g/mol. The fourth-order valence-electron chi connectivity index (χ4n) is 6.77. The maximum atomic E-state index is 13.7. The molecule has 0 aromatic heterocycles. The SMILES string of the molecule is BrB(Br)Br.CCOC(=O)CCCCN(CCc1cc(F)ccc1OC)Cc1ccc(C(=O)OC)cc1.CO.COC(=O)CCCCN(CCc1cc(F)ccc1OC)Cc1ccc(C(=O)OC)cc1. The molecule has 0 aliphatic heterocycles. The zero-order valence-electron chi connectivity index (χ0n) is 40.6. The summed E-state index contributed by atoms with van der Waals surface area (Å²) in [5, 5.41) is 7.00. The predicted molar refractivity (Wildman–Crippen MR) is 276 cm³/mol. The number of hydrogen-bond acceptors (Lipinski definition) is 13. The second-order valence-corrected chi connectivity index (χ2v) is 21.3. The van der Waals surface area contributed by atoms with Crippen LogP contribution in [0.4, 0.5) is 8.78 Å². The van der Waals surface area contributed by atoms with E-state index in [0.29, 0.717) is 81.1 Å². The first-order valence-electron chi connectivity index (χ1n) is 22.2. The van der Waals surface area contributed by atoms with E-state index in [0.717, 1.165) is 68.1 Å². The Morgan fingerprint density at radius 3 is 1.26 bits per heavy atom. The smallest absolute Gasteiger partial charge is 0.369 e. The average molecular weight is 1160 g/mol. The summed E-state index contributed by atoms with van der Waals surface area (Å²) in [5.74, 6) is -0.393. The van der Waals surface area contributed by atoms with Gasteiger partial charge >= 0.3 is 27.1 Å². The van der Waals surface area contributed by atoms with E-state index in [1.807, 2.05) is 24.3 Å². The van der Waals surface area contributed by atoms with Crippen LogP contribution in [-0.2, 0) is 54.5 Å². The van der Waals surface area contributed by atoms with Crippen molar-refractivity contribution in [1.82, 2.24) is 9.80 Å². The first kappa shape index (κ1) is 62.6. The first-order valence-corrected chi connectivity index (χ1v) is 24.9. The van der Waals surface area contributed by atoms with Crippen molar-refractivity contribution < 1.29 is 61.5 Å². The van der Waals surface area contributed by atoms with E-state index in [4.69, 9.17) is 33.5 Å². The number of rotatable bonds is 25. The minimum atomic E-state index is -0.371. The molecule has 0 saturated heterocycles. The minimum absolute atomic E-state index is 0.179. The van der Waals surface area contributed by atoms with Gasteiger partial charge in [0, 0.05) is 46.1 Å². The molecular weight excluding hydrogens is 1090 g/mol. The van der Waals surface area contributed by atoms with Crippen molar-refractivity contribution in [3.05, 3.63) is 130 Å². The maximum absolute atomic E-state index is 13.7. The molecule has 0 bridgehead atoms. The summed E-state index contributed by atoms with van der Waals surface area (Å²) in [7, 11) is 8.25. The molecule has 0 amide bonds. The van der Waals surface area contributed by atoms with Crippen LogP contribution in [0.5, 0.6) is 11.5 Å². The molecule has 0 aliphatic rings. The van der Waals surface area contributed by atoms with Gasteiger partial charge in [-0.1, -0.05) is 24.3 Å². The number of aliphatic hydroxyl groups is 1. The Hall–Kier alpha value is -4.40. The van der Waals surface area contributed by atoms with E-state index in [1.165, 1.54) is 45.6 Å². The number of aliphatic hydroxyl groups excluding tert-OH is 1. The van der Waals surface area contributed by atoms with Crippen molar-refractivity contribution in [1.29, 1.82) is 0 Å². The van der Waals surface area contributed by atoms with Gasteiger partial charge in [-0.25, -0.2) is 18.4 Å². The predicted octanol–water partition coefficient (Wildman–Crippen LogP) is 10.2. The number of nitrogens with zero attached hydrogens (tertiary/aromatic N) is 2. The standard InChI is InChI=1S/C25H32FNO5.C24H30FNO5.CH4O.BBr3/c1-4-32-24(28)7-5-6-15-27(16-14-21-17-22(26)12-13-23(21)30-2)18-19-8-10-20(11-9-19)25(29)31-3;1-29-22-12-11-21(25)16-20(22)13-15-26(14-5-4-6-23(27)30-2)17-18-7-9-19(10-8-18)24(28)31-3;1-2;2-1(3)4/h8-13,17H,4-7,14-16,18H2,1-3H3;7-12,16H,4-6,13-15,17H2,1-3H3;2H,1H3;. The third kappa shape index (κ3) is 27.0. The largest absolute Gasteiger partial charge is 0.496 e. The van der Waals surface area contributed by atoms with E-state index in [9.17, 15) is 28.0 Å². The molecular formula is C50H66BBr3F2N2O11. The number of halogens is 5. The molecule has 0 atom stereocenters. The molecule has 4 rings (SSSR count). The van der Waals surface area contributed by atoms with Gasteiger partial charge in [-0.2, -0.15) is 0 Å². The molecule has 0 fully saturated rings. The van der Waals surface area contributed by atoms with Gasteiger partial charge in [0.1, 0.15) is 23.1 Å². The van der Waals surface area contributed by atoms with E-state index >= 15 is 0 Å². The van der Waals surface area contributed by atoms with Crippen LogP contribution in [-0.4, -0.2) is 117 Å². The van der Waals surface area contributed by atoms with Gasteiger partial charge in [0.25, 0.3) is 0 Å². The lowest BCUT2D eigenvalue weighted by Crippen LogP contribution is -2.27. The summed E-state index contributed by atoms with van der Waals surface area (Å²) in [4.78, 5) is 50.7. The van der Waals surface area contributed by atoms with Crippen LogP contribution in [0.25, 0.3) is 0 Å². The van der Waals surface area contributed by atoms with Crippen LogP contribution in [0.2, 0.25) is 0 Å². The Labute approximate surface area is 431 Å². The Morgan fingerprint density at radius 2 is 0.928 bits per heavy atom. The number of carbonyl (C=O) groups excluding carboxylic acids is 4. The zero-order valence-corrected chi connectivity index (χ0v) is 45.3. The molecule has 1 N–H and O–H groups in total. The minimum Gasteiger partial charge on any atom is -0.496 e. The van der Waals surface area contributed by atoms with Gasteiger partial charge in [-0.3, -0.25) is 19.4 Å². The number of unbranched alkanes of at least 4 members (excludes halogenated alkanes) is 2. The van der Waals surface area contributed by atoms with E-state index in [2.05, 4.69) is 57.1 Å². The van der Waals surface area contributed by atoms with Crippen molar-refractivity contribution in [3.63, 3.8) is 0 Å². The Kier molecular flexibility index (Phi) is 34.0. The number of carbonyl (C=O) groups is 4. The van der Waals surface area contributed by atoms with Gasteiger partial charge in [0.05, 0.1) is 53.3 Å². The van der Waals surface area contributed by atoms with Crippen LogP contribution in [0.1, 0.15) is 88.4 Å². The fourth-order valence-corrected chi connectivity index (χ4v) is 6.77. The van der Waals surface area contributed by atoms with Gasteiger partial charge in [-0.05, 0) is 141 Å². The summed E-state index contributed by atoms with van der Waals surface area (Å²) in [6, 6.07) is 23.6. The molecule has 0 aliphatic carbocycles. The third-order valence-electron chi connectivity index (χ3n) is 10.2. The van der Waals surface area contributed by atoms with Crippen LogP contribution < -0.4 is 9.47 Å². The highest BCUT2D eigenvalue weighted by molar-refractivity contribution is 9.69. The Bertz CT molecular complexity index is 2090. The molecule has 4 aromatic carbocycles. The fraction of sp³-hybridized carbons (Fsp3) is 0.440. The van der Waals surface area contributed by atoms with Crippen molar-refractivity contribution in [2.45, 2.75) is 71.4 Å². The molecule has 0 radical (unpaired) electrons. The van der Waals surface area contributed by atoms with Crippen LogP contribution in [0, 0.1) is 11.6 Å². The Morgan fingerprint density at radius 1 is 0.551 bits per heavy atom. The van der Waals surface area contributed by atoms with Crippen molar-refractivity contribution in [3.8, 4) is 11.5 Å². The zero-order chi connectivity index (χ0) is 51.6. The van der Waals surface area contributed by atoms with Gasteiger partial charge < -0.3 is 33.5 Å². The van der Waals surface area contributed by atoms with E-state index in [1.54, 1.807) is 57.5 Å². The lowest BCUT2D eigenvalue weighted by Gasteiger charge is -2.23. The summed E-state index contributed by atoms with van der Waals surface area (Å²) in [6.45, 7) is 6.45. The van der Waals surface area contributed by atoms with E-state index < -0.39 is 0 Å². The third-order valence-corrected chi connectivity index (χ3v) is 10.2. The molecule has 0 heterocycles. The second-order valence-electron chi connectivity index (χ2n) is 14.9.